The van der Waals surface area contributed by atoms with Gasteiger partial charge in [-0.25, -0.2) is 9.97 Å². The first-order valence-electron chi connectivity index (χ1n) is 32.5. The molecule has 0 saturated heterocycles. The van der Waals surface area contributed by atoms with Gasteiger partial charge in [-0.3, -0.25) is 0 Å². The van der Waals surface area contributed by atoms with Crippen molar-refractivity contribution in [1.82, 2.24) is 28.2 Å². The van der Waals surface area contributed by atoms with Crippen LogP contribution in [0.2, 0.25) is 0 Å². The van der Waals surface area contributed by atoms with Crippen LogP contribution < -0.4 is 0 Å². The number of aromatic nitrogens is 6. The van der Waals surface area contributed by atoms with Gasteiger partial charge >= 0.3 is 0 Å². The monoisotopic (exact) mass is 1220 g/mol. The molecular weight excluding hydrogens is 1170 g/mol. The fourth-order valence-corrected chi connectivity index (χ4v) is 14.9. The quantitative estimate of drug-likeness (QED) is 0.137. The van der Waals surface area contributed by atoms with E-state index < -0.39 is 0 Å². The van der Waals surface area contributed by atoms with Gasteiger partial charge in [0.2, 0.25) is 0 Å². The number of hydrogen-bond donors (Lipinski definition) is 0. The average molecular weight is 1220 g/mol. The van der Waals surface area contributed by atoms with Gasteiger partial charge in [-0.05, 0) is 173 Å². The van der Waals surface area contributed by atoms with Crippen LogP contribution in [0.4, 0.5) is 0 Å². The highest BCUT2D eigenvalue weighted by Gasteiger charge is 2.21. The first-order valence-corrected chi connectivity index (χ1v) is 32.5. The molecule has 446 valence electrons. The summed E-state index contributed by atoms with van der Waals surface area (Å²) in [5, 5.41) is 19.4. The van der Waals surface area contributed by atoms with E-state index >= 15 is 0 Å². The molecule has 14 aromatic carbocycles. The predicted molar refractivity (Wildman–Crippen MR) is 397 cm³/mol. The fraction of sp³-hybridized carbons (Fsp3) is 0. The zero-order chi connectivity index (χ0) is 63.4. The van der Waals surface area contributed by atoms with Crippen molar-refractivity contribution in [3.05, 3.63) is 339 Å². The summed E-state index contributed by atoms with van der Waals surface area (Å²) in [5.41, 5.74) is 25.2. The van der Waals surface area contributed by atoms with Crippen LogP contribution in [-0.4, -0.2) is 28.2 Å². The standard InChI is InChI=1S/C89H55N7/c90-56-57-18-15-19-60(48-57)58-36-38-59(39-37-58)89-91-79(65-20-16-26-69(49-65)95-83-34-13-9-30-73(83)77-53-63(42-46-87(77)95)61-40-44-85-75(51-61)71-28-7-11-32-81(71)93(85)67-22-3-1-4-23-67)55-80(92-89)66-21-17-27-70(50-66)96-84-35-14-10-31-74(84)78-54-64(43-47-88(78)96)62-41-45-86-76(52-62)72-29-8-12-33-82(72)94(86)68-24-5-2-6-25-68/h1-55H. The van der Waals surface area contributed by atoms with Crippen LogP contribution in [0.15, 0.2) is 334 Å². The Morgan fingerprint density at radius 1 is 0.208 bits per heavy atom. The molecule has 19 aromatic rings. The van der Waals surface area contributed by atoms with Crippen molar-refractivity contribution in [2.45, 2.75) is 0 Å². The molecule has 5 aromatic heterocycles. The smallest absolute Gasteiger partial charge is 0.160 e. The maximum Gasteiger partial charge on any atom is 0.160 e. The Hall–Kier alpha value is -13.2. The summed E-state index contributed by atoms with van der Waals surface area (Å²) < 4.78 is 9.52. The average Bonchev–Trinajstić information content (AvgIpc) is 1.65. The summed E-state index contributed by atoms with van der Waals surface area (Å²) in [6, 6.07) is 122. The van der Waals surface area contributed by atoms with Gasteiger partial charge in [-0.1, -0.05) is 194 Å². The maximum absolute atomic E-state index is 9.76. The number of hydrogen-bond acceptors (Lipinski definition) is 3. The van der Waals surface area contributed by atoms with Gasteiger partial charge in [-0.2, -0.15) is 5.26 Å². The van der Waals surface area contributed by atoms with Crippen LogP contribution in [0.25, 0.3) is 177 Å². The van der Waals surface area contributed by atoms with E-state index in [1.54, 1.807) is 0 Å². The molecule has 0 aliphatic rings. The molecule has 0 unspecified atom stereocenters. The topological polar surface area (TPSA) is 69.3 Å². The SMILES string of the molecule is N#Cc1cccc(-c2ccc(-c3nc(-c4cccc(-n5c6ccccc6c6cc(-c7ccc8c(c7)c7ccccc7n8-c7ccccc7)ccc65)c4)cc(-c4cccc(-n5c6ccccc6c6cc(-c7ccc8c(c7)c7ccccc7n8-c7ccccc7)ccc65)c4)n3)cc2)c1. The molecule has 0 atom stereocenters. The van der Waals surface area contributed by atoms with E-state index in [1.807, 2.05) is 24.3 Å². The Morgan fingerprint density at radius 3 is 0.906 bits per heavy atom. The number of nitrogens with zero attached hydrogens (tertiary/aromatic N) is 7. The summed E-state index contributed by atoms with van der Waals surface area (Å²) >= 11 is 0. The summed E-state index contributed by atoms with van der Waals surface area (Å²) in [6.07, 6.45) is 0. The lowest BCUT2D eigenvalue weighted by molar-refractivity contribution is 1.16. The zero-order valence-electron chi connectivity index (χ0n) is 51.9. The largest absolute Gasteiger partial charge is 0.309 e. The van der Waals surface area contributed by atoms with Crippen LogP contribution in [0.5, 0.6) is 0 Å². The van der Waals surface area contributed by atoms with Gasteiger partial charge in [0.1, 0.15) is 0 Å². The fourth-order valence-electron chi connectivity index (χ4n) is 14.9. The molecule has 5 heterocycles. The molecule has 0 radical (unpaired) electrons. The second-order valence-corrected chi connectivity index (χ2v) is 24.8. The lowest BCUT2D eigenvalue weighted by Crippen LogP contribution is -1.99. The minimum Gasteiger partial charge on any atom is -0.309 e. The highest BCUT2D eigenvalue weighted by molar-refractivity contribution is 6.15. The molecule has 96 heavy (non-hydrogen) atoms. The molecule has 0 amide bonds. The van der Waals surface area contributed by atoms with Gasteiger partial charge in [0, 0.05) is 82.5 Å². The van der Waals surface area contributed by atoms with Gasteiger partial charge < -0.3 is 18.3 Å². The zero-order valence-corrected chi connectivity index (χ0v) is 51.9. The van der Waals surface area contributed by atoms with Crippen LogP contribution >= 0.6 is 0 Å². The lowest BCUT2D eigenvalue weighted by Gasteiger charge is -2.14. The summed E-state index contributed by atoms with van der Waals surface area (Å²) in [5.74, 6) is 0.607. The van der Waals surface area contributed by atoms with Crippen molar-refractivity contribution >= 4 is 87.2 Å². The van der Waals surface area contributed by atoms with E-state index in [4.69, 9.17) is 9.97 Å². The van der Waals surface area contributed by atoms with Gasteiger partial charge in [0.15, 0.2) is 5.82 Å². The molecule has 7 heteroatoms. The van der Waals surface area contributed by atoms with E-state index in [0.29, 0.717) is 11.4 Å². The number of para-hydroxylation sites is 6. The van der Waals surface area contributed by atoms with E-state index in [0.717, 1.165) is 95.1 Å². The molecule has 0 aliphatic carbocycles. The summed E-state index contributed by atoms with van der Waals surface area (Å²) in [4.78, 5) is 10.9. The minimum atomic E-state index is 0.607. The van der Waals surface area contributed by atoms with Crippen molar-refractivity contribution in [2.75, 3.05) is 0 Å². The van der Waals surface area contributed by atoms with Crippen molar-refractivity contribution < 1.29 is 0 Å². The third kappa shape index (κ3) is 8.89. The van der Waals surface area contributed by atoms with Crippen molar-refractivity contribution in [3.8, 4) is 96.1 Å². The Morgan fingerprint density at radius 2 is 0.510 bits per heavy atom. The Kier molecular flexibility index (Phi) is 12.5. The van der Waals surface area contributed by atoms with Crippen LogP contribution in [0, 0.1) is 11.3 Å². The number of fused-ring (bicyclic) bond motifs is 12. The molecule has 0 saturated carbocycles. The lowest BCUT2D eigenvalue weighted by atomic mass is 10.0. The normalized spacial score (nSPS) is 11.7. The van der Waals surface area contributed by atoms with Crippen molar-refractivity contribution in [1.29, 1.82) is 5.26 Å². The molecule has 7 nitrogen and oxygen atoms in total. The predicted octanol–water partition coefficient (Wildman–Crippen LogP) is 22.7. The van der Waals surface area contributed by atoms with E-state index in [9.17, 15) is 5.26 Å². The van der Waals surface area contributed by atoms with Gasteiger partial charge in [0.25, 0.3) is 0 Å². The Bertz CT molecular complexity index is 6060. The third-order valence-electron chi connectivity index (χ3n) is 19.4. The number of nitriles is 1. The van der Waals surface area contributed by atoms with E-state index in [1.165, 1.54) is 76.3 Å². The molecule has 0 spiro atoms. The first-order chi connectivity index (χ1) is 47.5. The number of benzene rings is 14. The summed E-state index contributed by atoms with van der Waals surface area (Å²) in [7, 11) is 0. The Balaban J connectivity index is 0.719. The van der Waals surface area contributed by atoms with E-state index in [-0.39, 0.29) is 0 Å². The molecule has 0 bridgehead atoms. The summed E-state index contributed by atoms with van der Waals surface area (Å²) in [6.45, 7) is 0. The maximum atomic E-state index is 9.76. The van der Waals surface area contributed by atoms with Gasteiger partial charge in [-0.15, -0.1) is 0 Å². The van der Waals surface area contributed by atoms with Crippen molar-refractivity contribution in [2.24, 2.45) is 0 Å². The van der Waals surface area contributed by atoms with Crippen LogP contribution in [-0.2, 0) is 0 Å². The number of rotatable bonds is 10. The van der Waals surface area contributed by atoms with Gasteiger partial charge in [0.05, 0.1) is 67.2 Å². The molecule has 0 N–H and O–H groups in total. The molecule has 0 fully saturated rings. The highest BCUT2D eigenvalue weighted by Crippen LogP contribution is 2.42. The van der Waals surface area contributed by atoms with Crippen LogP contribution in [0.1, 0.15) is 5.56 Å². The third-order valence-corrected chi connectivity index (χ3v) is 19.4. The second kappa shape index (κ2) is 22.0. The van der Waals surface area contributed by atoms with E-state index in [2.05, 4.69) is 334 Å². The van der Waals surface area contributed by atoms with Crippen molar-refractivity contribution in [3.63, 3.8) is 0 Å². The molecule has 0 aliphatic heterocycles. The first kappa shape index (κ1) is 54.6. The second-order valence-electron chi connectivity index (χ2n) is 24.8. The molecule has 19 rings (SSSR count). The highest BCUT2D eigenvalue weighted by atomic mass is 15.0. The molecular formula is C89H55N7. The minimum absolute atomic E-state index is 0.607. The van der Waals surface area contributed by atoms with Crippen LogP contribution in [0.3, 0.4) is 0 Å². The Labute approximate surface area is 552 Å².